The van der Waals surface area contributed by atoms with Crippen LogP contribution in [0.5, 0.6) is 0 Å². The van der Waals surface area contributed by atoms with Gasteiger partial charge in [0.1, 0.15) is 0 Å². The Morgan fingerprint density at radius 3 is 2.93 bits per heavy atom. The minimum atomic E-state index is -0.579. The monoisotopic (exact) mass is 364 g/mol. The van der Waals surface area contributed by atoms with E-state index in [1.807, 2.05) is 0 Å². The summed E-state index contributed by atoms with van der Waals surface area (Å²) < 4.78 is 5.88. The standard InChI is InChI=1S/C20H20N4O3/c1-12-6-7-13-8-9-17(14(13)10-12)23-19(25)22-16-4-3-5-18-15(16)11-21-24(18)20(26)27-2/h3-7,10-11,17H,8-9H2,1-2H3,(H2,22,23,25). The highest BCUT2D eigenvalue weighted by molar-refractivity contribution is 6.02. The van der Waals surface area contributed by atoms with Crippen LogP contribution >= 0.6 is 0 Å². The lowest BCUT2D eigenvalue weighted by molar-refractivity contribution is 0.170. The molecule has 0 fully saturated rings. The Morgan fingerprint density at radius 2 is 2.11 bits per heavy atom. The number of aryl methyl sites for hydroxylation is 2. The van der Waals surface area contributed by atoms with Crippen molar-refractivity contribution < 1.29 is 14.3 Å². The van der Waals surface area contributed by atoms with E-state index in [2.05, 4.69) is 40.9 Å². The van der Waals surface area contributed by atoms with Crippen LogP contribution in [0.3, 0.4) is 0 Å². The number of amides is 2. The van der Waals surface area contributed by atoms with E-state index in [1.54, 1.807) is 18.2 Å². The van der Waals surface area contributed by atoms with Crippen LogP contribution in [0.2, 0.25) is 0 Å². The van der Waals surface area contributed by atoms with Crippen molar-refractivity contribution in [1.29, 1.82) is 0 Å². The molecule has 138 valence electrons. The lowest BCUT2D eigenvalue weighted by Gasteiger charge is -2.16. The number of aromatic nitrogens is 2. The Morgan fingerprint density at radius 1 is 1.26 bits per heavy atom. The van der Waals surface area contributed by atoms with E-state index in [9.17, 15) is 9.59 Å². The maximum absolute atomic E-state index is 12.6. The largest absolute Gasteiger partial charge is 0.451 e. The van der Waals surface area contributed by atoms with Crippen molar-refractivity contribution in [3.05, 3.63) is 59.3 Å². The molecule has 1 heterocycles. The molecule has 1 unspecified atom stereocenters. The summed E-state index contributed by atoms with van der Waals surface area (Å²) in [6.07, 6.45) is 2.80. The third kappa shape index (κ3) is 3.12. The van der Waals surface area contributed by atoms with E-state index >= 15 is 0 Å². The molecule has 4 rings (SSSR count). The lowest BCUT2D eigenvalue weighted by atomic mass is 10.1. The number of fused-ring (bicyclic) bond motifs is 2. The highest BCUT2D eigenvalue weighted by atomic mass is 16.5. The number of carbonyl (C=O) groups is 2. The molecule has 2 amide bonds. The molecule has 7 heteroatoms. The lowest BCUT2D eigenvalue weighted by Crippen LogP contribution is -2.31. The number of carbonyl (C=O) groups excluding carboxylic acids is 2. The SMILES string of the molecule is COC(=O)n1ncc2c(NC(=O)NC3CCc4ccc(C)cc43)cccc21. The minimum absolute atomic E-state index is 0.00287. The van der Waals surface area contributed by atoms with Crippen molar-refractivity contribution in [2.45, 2.75) is 25.8 Å². The zero-order valence-corrected chi connectivity index (χ0v) is 15.2. The third-order valence-corrected chi connectivity index (χ3v) is 4.89. The first kappa shape index (κ1) is 17.1. The van der Waals surface area contributed by atoms with Crippen molar-refractivity contribution in [3.8, 4) is 0 Å². The number of urea groups is 1. The molecule has 1 atom stereocenters. The molecule has 2 aromatic carbocycles. The van der Waals surface area contributed by atoms with Gasteiger partial charge in [-0.2, -0.15) is 9.78 Å². The number of hydrogen-bond acceptors (Lipinski definition) is 4. The summed E-state index contributed by atoms with van der Waals surface area (Å²) >= 11 is 0. The second kappa shape index (κ2) is 6.75. The average molecular weight is 364 g/mol. The first-order valence-corrected chi connectivity index (χ1v) is 8.79. The van der Waals surface area contributed by atoms with Gasteiger partial charge in [-0.05, 0) is 43.0 Å². The van der Waals surface area contributed by atoms with Crippen LogP contribution in [0.25, 0.3) is 10.9 Å². The van der Waals surface area contributed by atoms with Gasteiger partial charge in [0.05, 0.1) is 30.6 Å². The van der Waals surface area contributed by atoms with Gasteiger partial charge in [-0.3, -0.25) is 0 Å². The van der Waals surface area contributed by atoms with Crippen LogP contribution in [-0.2, 0) is 11.2 Å². The summed E-state index contributed by atoms with van der Waals surface area (Å²) in [6, 6.07) is 11.4. The van der Waals surface area contributed by atoms with Gasteiger partial charge in [-0.15, -0.1) is 0 Å². The van der Waals surface area contributed by atoms with Crippen LogP contribution < -0.4 is 10.6 Å². The molecule has 3 aromatic rings. The normalized spacial score (nSPS) is 15.4. The second-order valence-electron chi connectivity index (χ2n) is 6.66. The van der Waals surface area contributed by atoms with Crippen LogP contribution in [0.4, 0.5) is 15.3 Å². The van der Waals surface area contributed by atoms with E-state index in [-0.39, 0.29) is 12.1 Å². The van der Waals surface area contributed by atoms with E-state index in [1.165, 1.54) is 30.0 Å². The summed E-state index contributed by atoms with van der Waals surface area (Å²) in [7, 11) is 1.30. The zero-order chi connectivity index (χ0) is 19.0. The van der Waals surface area contributed by atoms with Gasteiger partial charge in [0.2, 0.25) is 0 Å². The first-order chi connectivity index (χ1) is 13.1. The number of benzene rings is 2. The van der Waals surface area contributed by atoms with Gasteiger partial charge in [0, 0.05) is 5.39 Å². The summed E-state index contributed by atoms with van der Waals surface area (Å²) in [5.41, 5.74) is 4.81. The highest BCUT2D eigenvalue weighted by Crippen LogP contribution is 2.32. The Bertz CT molecular complexity index is 1040. The molecule has 0 aliphatic heterocycles. The fourth-order valence-electron chi connectivity index (χ4n) is 3.58. The minimum Gasteiger partial charge on any atom is -0.451 e. The maximum Gasteiger partial charge on any atom is 0.434 e. The molecule has 0 bridgehead atoms. The molecular weight excluding hydrogens is 344 g/mol. The summed E-state index contributed by atoms with van der Waals surface area (Å²) in [4.78, 5) is 24.3. The fourth-order valence-corrected chi connectivity index (χ4v) is 3.58. The van der Waals surface area contributed by atoms with Gasteiger partial charge in [-0.25, -0.2) is 9.59 Å². The number of nitrogens with one attached hydrogen (secondary N) is 2. The highest BCUT2D eigenvalue weighted by Gasteiger charge is 2.24. The van der Waals surface area contributed by atoms with Crippen molar-refractivity contribution in [3.63, 3.8) is 0 Å². The van der Waals surface area contributed by atoms with Crippen molar-refractivity contribution in [2.24, 2.45) is 0 Å². The molecular formula is C20H20N4O3. The number of hydrogen-bond donors (Lipinski definition) is 2. The predicted octanol–water partition coefficient (Wildman–Crippen LogP) is 3.77. The summed E-state index contributed by atoms with van der Waals surface area (Å²) in [5, 5.41) is 10.6. The number of rotatable bonds is 2. The number of anilines is 1. The van der Waals surface area contributed by atoms with E-state index in [4.69, 9.17) is 4.74 Å². The number of methoxy groups -OCH3 is 1. The molecule has 7 nitrogen and oxygen atoms in total. The molecule has 27 heavy (non-hydrogen) atoms. The Kier molecular flexibility index (Phi) is 4.27. The molecule has 1 aliphatic rings. The first-order valence-electron chi connectivity index (χ1n) is 8.79. The van der Waals surface area contributed by atoms with Gasteiger partial charge >= 0.3 is 12.1 Å². The average Bonchev–Trinajstić information content (AvgIpc) is 3.26. The van der Waals surface area contributed by atoms with Crippen molar-refractivity contribution in [2.75, 3.05) is 12.4 Å². The topological polar surface area (TPSA) is 85.2 Å². The molecule has 1 aromatic heterocycles. The molecule has 0 radical (unpaired) electrons. The summed E-state index contributed by atoms with van der Waals surface area (Å²) in [5.74, 6) is 0. The smallest absolute Gasteiger partial charge is 0.434 e. The molecule has 0 saturated carbocycles. The Hall–Kier alpha value is -3.35. The summed E-state index contributed by atoms with van der Waals surface area (Å²) in [6.45, 7) is 2.05. The van der Waals surface area contributed by atoms with Crippen LogP contribution in [0.1, 0.15) is 29.2 Å². The quantitative estimate of drug-likeness (QED) is 0.725. The van der Waals surface area contributed by atoms with Crippen LogP contribution in [0.15, 0.2) is 42.6 Å². The second-order valence-corrected chi connectivity index (χ2v) is 6.66. The third-order valence-electron chi connectivity index (χ3n) is 4.89. The Balaban J connectivity index is 1.54. The van der Waals surface area contributed by atoms with Crippen LogP contribution in [-0.4, -0.2) is 29.0 Å². The van der Waals surface area contributed by atoms with Gasteiger partial charge in [0.25, 0.3) is 0 Å². The van der Waals surface area contributed by atoms with Crippen LogP contribution in [0, 0.1) is 6.92 Å². The van der Waals surface area contributed by atoms with E-state index in [0.29, 0.717) is 16.6 Å². The molecule has 1 aliphatic carbocycles. The molecule has 0 saturated heterocycles. The molecule has 2 N–H and O–H groups in total. The van der Waals surface area contributed by atoms with Crippen molar-refractivity contribution in [1.82, 2.24) is 15.1 Å². The van der Waals surface area contributed by atoms with Gasteiger partial charge in [0.15, 0.2) is 0 Å². The van der Waals surface area contributed by atoms with E-state index in [0.717, 1.165) is 17.5 Å². The van der Waals surface area contributed by atoms with Gasteiger partial charge < -0.3 is 15.4 Å². The number of nitrogens with zero attached hydrogens (tertiary/aromatic N) is 2. The predicted molar refractivity (Wildman–Crippen MR) is 102 cm³/mol. The zero-order valence-electron chi connectivity index (χ0n) is 15.2. The fraction of sp³-hybridized carbons (Fsp3) is 0.250. The van der Waals surface area contributed by atoms with E-state index < -0.39 is 6.09 Å². The molecule has 0 spiro atoms. The van der Waals surface area contributed by atoms with Crippen molar-refractivity contribution >= 4 is 28.7 Å². The Labute approximate surface area is 156 Å². The van der Waals surface area contributed by atoms with Gasteiger partial charge in [-0.1, -0.05) is 29.8 Å². The maximum atomic E-state index is 12.6. The number of ether oxygens (including phenoxy) is 1.